The lowest BCUT2D eigenvalue weighted by molar-refractivity contribution is 0.00906. The minimum atomic E-state index is -0.229. The lowest BCUT2D eigenvalue weighted by Crippen LogP contribution is -2.49. The van der Waals surface area contributed by atoms with E-state index in [4.69, 9.17) is 4.74 Å². The number of hydrogen-bond donors (Lipinski definition) is 2. The largest absolute Gasteiger partial charge is 0.379 e. The van der Waals surface area contributed by atoms with Crippen molar-refractivity contribution >= 4 is 6.03 Å². The first-order valence-electron chi connectivity index (χ1n) is 8.01. The molecule has 1 aromatic rings. The van der Waals surface area contributed by atoms with Gasteiger partial charge in [0.15, 0.2) is 0 Å². The second-order valence-electron chi connectivity index (χ2n) is 6.82. The van der Waals surface area contributed by atoms with Crippen molar-refractivity contribution in [3.8, 4) is 0 Å². The van der Waals surface area contributed by atoms with Crippen molar-refractivity contribution in [2.45, 2.75) is 57.6 Å². The molecular formula is C16H28N4O2. The molecule has 2 rings (SSSR count). The molecule has 1 aliphatic rings. The minimum Gasteiger partial charge on any atom is -0.379 e. The van der Waals surface area contributed by atoms with E-state index < -0.39 is 0 Å². The summed E-state index contributed by atoms with van der Waals surface area (Å²) in [6.07, 6.45) is 4.67. The molecule has 1 aliphatic heterocycles. The van der Waals surface area contributed by atoms with E-state index in [2.05, 4.69) is 15.5 Å². The third-order valence-corrected chi connectivity index (χ3v) is 4.39. The van der Waals surface area contributed by atoms with E-state index in [0.717, 1.165) is 38.0 Å². The Balaban J connectivity index is 1.87. The van der Waals surface area contributed by atoms with Crippen LogP contribution in [0.15, 0.2) is 12.3 Å². The molecule has 1 aromatic heterocycles. The number of amides is 2. The summed E-state index contributed by atoms with van der Waals surface area (Å²) in [7, 11) is 1.70. The third kappa shape index (κ3) is 4.47. The molecule has 0 bridgehead atoms. The Bertz CT molecular complexity index is 473. The molecular weight excluding hydrogens is 280 g/mol. The van der Waals surface area contributed by atoms with Gasteiger partial charge in [0.25, 0.3) is 0 Å². The normalized spacial score (nSPS) is 20.7. The van der Waals surface area contributed by atoms with Gasteiger partial charge in [-0.15, -0.1) is 0 Å². The minimum absolute atomic E-state index is 0.0172. The fourth-order valence-electron chi connectivity index (χ4n) is 3.08. The van der Waals surface area contributed by atoms with Crippen molar-refractivity contribution in [3.05, 3.63) is 18.0 Å². The molecule has 0 spiro atoms. The number of methoxy groups -OCH3 is 1. The maximum absolute atomic E-state index is 12.4. The van der Waals surface area contributed by atoms with E-state index in [0.29, 0.717) is 5.92 Å². The van der Waals surface area contributed by atoms with Gasteiger partial charge >= 0.3 is 6.03 Å². The highest BCUT2D eigenvalue weighted by atomic mass is 16.5. The first-order valence-corrected chi connectivity index (χ1v) is 8.01. The van der Waals surface area contributed by atoms with Gasteiger partial charge in [-0.25, -0.2) is 4.79 Å². The lowest BCUT2D eigenvalue weighted by Gasteiger charge is -2.34. The highest BCUT2D eigenvalue weighted by Gasteiger charge is 2.27. The number of urea groups is 1. The molecule has 124 valence electrons. The van der Waals surface area contributed by atoms with Gasteiger partial charge in [0.1, 0.15) is 0 Å². The van der Waals surface area contributed by atoms with Crippen LogP contribution in [0.4, 0.5) is 4.79 Å². The Morgan fingerprint density at radius 2 is 2.41 bits per heavy atom. The fourth-order valence-corrected chi connectivity index (χ4v) is 3.08. The van der Waals surface area contributed by atoms with Gasteiger partial charge in [-0.1, -0.05) is 0 Å². The number of carbonyl (C=O) groups excluding carboxylic acids is 1. The number of aromatic nitrogens is 2. The molecule has 0 aromatic carbocycles. The van der Waals surface area contributed by atoms with E-state index in [9.17, 15) is 4.79 Å². The zero-order valence-electron chi connectivity index (χ0n) is 14.1. The van der Waals surface area contributed by atoms with Crippen LogP contribution in [0.3, 0.4) is 0 Å². The molecule has 1 fully saturated rings. The zero-order valence-corrected chi connectivity index (χ0v) is 14.1. The van der Waals surface area contributed by atoms with Crippen LogP contribution < -0.4 is 5.32 Å². The van der Waals surface area contributed by atoms with Gasteiger partial charge < -0.3 is 15.0 Å². The Labute approximate surface area is 132 Å². The van der Waals surface area contributed by atoms with Gasteiger partial charge in [0.05, 0.1) is 5.60 Å². The summed E-state index contributed by atoms with van der Waals surface area (Å²) in [5.74, 6) is 0.354. The predicted molar refractivity (Wildman–Crippen MR) is 85.8 cm³/mol. The lowest BCUT2D eigenvalue weighted by atomic mass is 9.95. The third-order valence-electron chi connectivity index (χ3n) is 4.39. The van der Waals surface area contributed by atoms with E-state index in [-0.39, 0.29) is 17.7 Å². The van der Waals surface area contributed by atoms with Crippen LogP contribution in [0.25, 0.3) is 0 Å². The van der Waals surface area contributed by atoms with E-state index in [1.807, 2.05) is 31.7 Å². The molecule has 2 heterocycles. The molecule has 6 nitrogen and oxygen atoms in total. The van der Waals surface area contributed by atoms with Crippen molar-refractivity contribution in [1.82, 2.24) is 20.4 Å². The molecule has 0 unspecified atom stereocenters. The van der Waals surface area contributed by atoms with Crippen LogP contribution in [-0.4, -0.2) is 53.0 Å². The van der Waals surface area contributed by atoms with Crippen LogP contribution >= 0.6 is 0 Å². The standard InChI is InChI=1S/C16H28N4O2/c1-12(10-16(2,3)22-4)18-15(21)20-9-5-6-13(11-20)14-7-8-17-19-14/h7-8,12-13H,5-6,9-11H2,1-4H3,(H,17,19)(H,18,21)/t12-,13-/m1/s1. The number of H-pyrrole nitrogens is 1. The van der Waals surface area contributed by atoms with Gasteiger partial charge in [-0.05, 0) is 46.1 Å². The molecule has 6 heteroatoms. The smallest absolute Gasteiger partial charge is 0.317 e. The van der Waals surface area contributed by atoms with Crippen LogP contribution in [0, 0.1) is 0 Å². The van der Waals surface area contributed by atoms with E-state index in [1.165, 1.54) is 0 Å². The van der Waals surface area contributed by atoms with Gasteiger partial charge in [-0.3, -0.25) is 5.10 Å². The summed E-state index contributed by atoms with van der Waals surface area (Å²) in [6, 6.07) is 2.09. The molecule has 1 saturated heterocycles. The summed E-state index contributed by atoms with van der Waals surface area (Å²) in [5, 5.41) is 10.1. The Kier molecular flexibility index (Phi) is 5.45. The van der Waals surface area contributed by atoms with Crippen LogP contribution in [-0.2, 0) is 4.74 Å². The highest BCUT2D eigenvalue weighted by molar-refractivity contribution is 5.74. The quantitative estimate of drug-likeness (QED) is 0.878. The van der Waals surface area contributed by atoms with Crippen molar-refractivity contribution in [3.63, 3.8) is 0 Å². The zero-order chi connectivity index (χ0) is 16.2. The topological polar surface area (TPSA) is 70.2 Å². The summed E-state index contributed by atoms with van der Waals surface area (Å²) >= 11 is 0. The molecule has 2 atom stereocenters. The van der Waals surface area contributed by atoms with E-state index in [1.54, 1.807) is 13.3 Å². The van der Waals surface area contributed by atoms with Crippen molar-refractivity contribution in [1.29, 1.82) is 0 Å². The maximum atomic E-state index is 12.4. The average molecular weight is 308 g/mol. The molecule has 0 aliphatic carbocycles. The number of nitrogens with one attached hydrogen (secondary N) is 2. The number of rotatable bonds is 5. The van der Waals surface area contributed by atoms with Crippen molar-refractivity contribution in [2.75, 3.05) is 20.2 Å². The number of ether oxygens (including phenoxy) is 1. The first kappa shape index (κ1) is 16.8. The molecule has 2 N–H and O–H groups in total. The fraction of sp³-hybridized carbons (Fsp3) is 0.750. The monoisotopic (exact) mass is 308 g/mol. The van der Waals surface area contributed by atoms with Crippen LogP contribution in [0.5, 0.6) is 0 Å². The Morgan fingerprint density at radius 3 is 3.05 bits per heavy atom. The average Bonchev–Trinajstić information content (AvgIpc) is 3.01. The number of nitrogens with zero attached hydrogens (tertiary/aromatic N) is 2. The summed E-state index contributed by atoms with van der Waals surface area (Å²) in [5.41, 5.74) is 0.888. The summed E-state index contributed by atoms with van der Waals surface area (Å²) in [4.78, 5) is 14.4. The SMILES string of the molecule is COC(C)(C)C[C@@H](C)NC(=O)N1CCC[C@@H](c2ccn[nH]2)C1. The second-order valence-corrected chi connectivity index (χ2v) is 6.82. The number of piperidine rings is 1. The highest BCUT2D eigenvalue weighted by Crippen LogP contribution is 2.25. The summed E-state index contributed by atoms with van der Waals surface area (Å²) in [6.45, 7) is 7.65. The maximum Gasteiger partial charge on any atom is 0.317 e. The first-order chi connectivity index (χ1) is 10.4. The van der Waals surface area contributed by atoms with Gasteiger partial charge in [0, 0.05) is 44.0 Å². The van der Waals surface area contributed by atoms with E-state index >= 15 is 0 Å². The van der Waals surface area contributed by atoms with Crippen LogP contribution in [0.1, 0.15) is 51.6 Å². The van der Waals surface area contributed by atoms with Gasteiger partial charge in [-0.2, -0.15) is 5.10 Å². The Morgan fingerprint density at radius 1 is 1.64 bits per heavy atom. The van der Waals surface area contributed by atoms with Crippen molar-refractivity contribution < 1.29 is 9.53 Å². The molecule has 2 amide bonds. The molecule has 22 heavy (non-hydrogen) atoms. The van der Waals surface area contributed by atoms with Crippen molar-refractivity contribution in [2.24, 2.45) is 0 Å². The predicted octanol–water partition coefficient (Wildman–Crippen LogP) is 2.50. The summed E-state index contributed by atoms with van der Waals surface area (Å²) < 4.78 is 5.43. The number of aromatic amines is 1. The van der Waals surface area contributed by atoms with Gasteiger partial charge in [0.2, 0.25) is 0 Å². The number of carbonyl (C=O) groups is 1. The molecule has 0 radical (unpaired) electrons. The molecule has 0 saturated carbocycles. The number of hydrogen-bond acceptors (Lipinski definition) is 3. The number of likely N-dealkylation sites (tertiary alicyclic amines) is 1. The van der Waals surface area contributed by atoms with Crippen LogP contribution in [0.2, 0.25) is 0 Å². The second kappa shape index (κ2) is 7.13. The Hall–Kier alpha value is -1.56.